The topological polar surface area (TPSA) is 80.3 Å². The van der Waals surface area contributed by atoms with Crippen molar-refractivity contribution >= 4 is 87.4 Å². The van der Waals surface area contributed by atoms with E-state index in [1.54, 1.807) is 0 Å². The van der Waals surface area contributed by atoms with Crippen LogP contribution in [-0.2, 0) is 9.59 Å². The first-order valence-electron chi connectivity index (χ1n) is 11.9. The summed E-state index contributed by atoms with van der Waals surface area (Å²) >= 11 is 0. The van der Waals surface area contributed by atoms with Crippen LogP contribution < -0.4 is 58.2 Å². The van der Waals surface area contributed by atoms with Crippen molar-refractivity contribution in [3.63, 3.8) is 0 Å². The molecule has 0 rings (SSSR count). The Kier molecular flexibility index (Phi) is 66.0. The summed E-state index contributed by atoms with van der Waals surface area (Å²) in [6.07, 6.45) is 22.3. The Bertz CT molecular complexity index is 318. The molecule has 0 aliphatic carbocycles. The average molecular weight is 733 g/mol. The molecule has 32 heavy (non-hydrogen) atoms. The second-order valence-corrected chi connectivity index (χ2v) is 7.90. The molecule has 0 fully saturated rings. The maximum absolute atomic E-state index is 10.1. The molecule has 0 aromatic rings. The smallest absolute Gasteiger partial charge is 1.00 e. The van der Waals surface area contributed by atoms with E-state index in [9.17, 15) is 19.8 Å². The van der Waals surface area contributed by atoms with Gasteiger partial charge in [0.25, 0.3) is 0 Å². The number of carboxylic acid groups (broad SMARTS) is 2. The number of carbonyl (C=O) groups excluding carboxylic acids is 2. The zero-order valence-electron chi connectivity index (χ0n) is 20.9. The molecule has 0 aromatic carbocycles. The molecule has 8 heteroatoms. The molecule has 0 aromatic heterocycles. The van der Waals surface area contributed by atoms with E-state index in [0.29, 0.717) is 0 Å². The van der Waals surface area contributed by atoms with Crippen LogP contribution in [0.2, 0.25) is 0 Å². The Hall–Kier alpha value is 2.92. The number of hydrogen-bond acceptors (Lipinski definition) is 4. The van der Waals surface area contributed by atoms with Gasteiger partial charge in [0.15, 0.2) is 0 Å². The molecular weight excluding hydrogens is 686 g/mol. The molecule has 0 heterocycles. The minimum absolute atomic E-state index is 0. The summed E-state index contributed by atoms with van der Waals surface area (Å²) in [6, 6.07) is 0. The number of carbonyl (C=O) groups is 2. The third kappa shape index (κ3) is 54.0. The molecule has 0 saturated carbocycles. The van der Waals surface area contributed by atoms with Crippen molar-refractivity contribution in [2.45, 2.75) is 142 Å². The predicted molar refractivity (Wildman–Crippen MR) is 125 cm³/mol. The van der Waals surface area contributed by atoms with Gasteiger partial charge < -0.3 is 67.8 Å². The molecule has 0 aliphatic rings. The molecule has 0 radical (unpaired) electrons. The van der Waals surface area contributed by atoms with E-state index < -0.39 is 11.9 Å². The minimum atomic E-state index is -0.909. The van der Waals surface area contributed by atoms with Crippen LogP contribution in [0, 0.1) is 0 Å². The number of rotatable bonds is 20. The predicted octanol–water partition coefficient (Wildman–Crippen LogP) is -1.44. The molecule has 0 saturated heterocycles. The first kappa shape index (κ1) is 48.0. The van der Waals surface area contributed by atoms with E-state index >= 15 is 0 Å². The van der Waals surface area contributed by atoms with Crippen molar-refractivity contribution in [2.75, 3.05) is 0 Å². The van der Waals surface area contributed by atoms with E-state index in [1.165, 1.54) is 89.9 Å². The van der Waals surface area contributed by atoms with Gasteiger partial charge >= 0.3 is 75.5 Å². The van der Waals surface area contributed by atoms with E-state index in [4.69, 9.17) is 0 Å². The Morgan fingerprint density at radius 1 is 0.438 bits per heavy atom. The third-order valence-corrected chi connectivity index (χ3v) is 4.97. The molecule has 0 aliphatic heterocycles. The van der Waals surface area contributed by atoms with Gasteiger partial charge in [0.1, 0.15) is 0 Å². The van der Waals surface area contributed by atoms with E-state index in [0.717, 1.165) is 25.7 Å². The first-order chi connectivity index (χ1) is 13.5. The zero-order chi connectivity index (χ0) is 21.3. The first-order valence-corrected chi connectivity index (χ1v) is 11.9. The maximum Gasteiger partial charge on any atom is 2.00 e. The Labute approximate surface area is 293 Å². The quantitative estimate of drug-likeness (QED) is 0.0874. The normalized spacial score (nSPS) is 9.06. The average Bonchev–Trinajstić information content (AvgIpc) is 2.65. The van der Waals surface area contributed by atoms with Gasteiger partial charge in [0.2, 0.25) is 0 Å². The van der Waals surface area contributed by atoms with Crippen molar-refractivity contribution in [3.8, 4) is 0 Å². The van der Waals surface area contributed by atoms with Gasteiger partial charge in [0, 0.05) is 11.9 Å². The molecule has 0 N–H and O–H groups in total. The van der Waals surface area contributed by atoms with Crippen LogP contribution in [-0.4, -0.2) is 87.4 Å². The fraction of sp³-hybridized carbons (Fsp3) is 0.917. The molecule has 0 spiro atoms. The van der Waals surface area contributed by atoms with Crippen molar-refractivity contribution in [1.82, 2.24) is 0 Å². The molecule has 0 atom stereocenters. The summed E-state index contributed by atoms with van der Waals surface area (Å²) < 4.78 is 0. The van der Waals surface area contributed by atoms with Crippen molar-refractivity contribution in [2.24, 2.45) is 0 Å². The summed E-state index contributed by atoms with van der Waals surface area (Å²) in [7, 11) is 0. The van der Waals surface area contributed by atoms with Crippen LogP contribution in [0.25, 0.3) is 0 Å². The van der Waals surface area contributed by atoms with Crippen LogP contribution >= 0.6 is 0 Å². The van der Waals surface area contributed by atoms with Crippen LogP contribution in [0.4, 0.5) is 0 Å². The van der Waals surface area contributed by atoms with Crippen LogP contribution in [0.15, 0.2) is 0 Å². The standard InChI is InChI=1S/2C12H24O2.2Ca.2HI/c2*1-2-3-4-5-6-7-8-9-10-11-12(13)14;;;;/h2*2-11H2,1H3,(H,13,14);;;2*1H/q;;2*+2;;/p-4. The molecule has 0 bridgehead atoms. The van der Waals surface area contributed by atoms with Gasteiger partial charge in [-0.2, -0.15) is 0 Å². The third-order valence-electron chi connectivity index (χ3n) is 4.97. The van der Waals surface area contributed by atoms with Gasteiger partial charge in [-0.25, -0.2) is 0 Å². The number of carboxylic acids is 2. The molecule has 0 amide bonds. The van der Waals surface area contributed by atoms with Gasteiger partial charge in [-0.1, -0.05) is 117 Å². The van der Waals surface area contributed by atoms with Gasteiger partial charge in [-0.3, -0.25) is 0 Å². The zero-order valence-corrected chi connectivity index (χ0v) is 29.7. The monoisotopic (exact) mass is 732 g/mol. The summed E-state index contributed by atoms with van der Waals surface area (Å²) in [6.45, 7) is 4.44. The number of aliphatic carboxylic acids is 2. The SMILES string of the molecule is CCCCCCCCCCCC(=O)[O-].CCCCCCCCCCCC(=O)[O-].[Ca+2].[Ca+2].[I-].[I-]. The Balaban J connectivity index is -0.0000000939. The second kappa shape index (κ2) is 44.0. The summed E-state index contributed by atoms with van der Waals surface area (Å²) in [5, 5.41) is 20.2. The van der Waals surface area contributed by atoms with Crippen molar-refractivity contribution in [3.05, 3.63) is 0 Å². The van der Waals surface area contributed by atoms with Crippen molar-refractivity contribution < 1.29 is 67.8 Å². The number of halogens is 2. The largest absolute Gasteiger partial charge is 2.00 e. The fourth-order valence-corrected chi connectivity index (χ4v) is 3.16. The minimum Gasteiger partial charge on any atom is -1.00 e. The van der Waals surface area contributed by atoms with Gasteiger partial charge in [0.05, 0.1) is 0 Å². The Morgan fingerprint density at radius 3 is 0.812 bits per heavy atom. The molecule has 0 unspecified atom stereocenters. The summed E-state index contributed by atoms with van der Waals surface area (Å²) in [5.41, 5.74) is 0. The van der Waals surface area contributed by atoms with Crippen LogP contribution in [0.3, 0.4) is 0 Å². The van der Waals surface area contributed by atoms with Crippen molar-refractivity contribution in [1.29, 1.82) is 0 Å². The second-order valence-electron chi connectivity index (χ2n) is 7.90. The summed E-state index contributed by atoms with van der Waals surface area (Å²) in [5.74, 6) is -1.82. The number of hydrogen-bond donors (Lipinski definition) is 0. The van der Waals surface area contributed by atoms with E-state index in [1.807, 2.05) is 0 Å². The Morgan fingerprint density at radius 2 is 0.625 bits per heavy atom. The van der Waals surface area contributed by atoms with Gasteiger partial charge in [-0.15, -0.1) is 0 Å². The maximum atomic E-state index is 10.1. The van der Waals surface area contributed by atoms with Crippen LogP contribution in [0.5, 0.6) is 0 Å². The van der Waals surface area contributed by atoms with Gasteiger partial charge in [-0.05, 0) is 25.7 Å². The molecule has 4 nitrogen and oxygen atoms in total. The molecular formula is C24H46Ca2I2O4. The summed E-state index contributed by atoms with van der Waals surface area (Å²) in [4.78, 5) is 20.2. The van der Waals surface area contributed by atoms with E-state index in [-0.39, 0.29) is 136 Å². The molecule has 184 valence electrons. The fourth-order valence-electron chi connectivity index (χ4n) is 3.16. The number of unbranched alkanes of at least 4 members (excludes halogenated alkanes) is 16. The van der Waals surface area contributed by atoms with Crippen LogP contribution in [0.1, 0.15) is 142 Å². The van der Waals surface area contributed by atoms with E-state index in [2.05, 4.69) is 13.8 Å².